The van der Waals surface area contributed by atoms with Crippen molar-refractivity contribution < 1.29 is 37.4 Å². The molecule has 0 aliphatic rings. The zero-order valence-electron chi connectivity index (χ0n) is 12.5. The number of rotatable bonds is 2. The third-order valence-corrected chi connectivity index (χ3v) is 4.17. The molecule has 0 fully saturated rings. The van der Waals surface area contributed by atoms with Gasteiger partial charge in [-0.05, 0) is 33.6 Å². The van der Waals surface area contributed by atoms with E-state index in [1.165, 1.54) is 4.70 Å². The number of fused-ring (bicyclic) bond motifs is 1. The Balaban J connectivity index is 0.000000181. The van der Waals surface area contributed by atoms with Crippen molar-refractivity contribution in [2.45, 2.75) is 0 Å². The Kier molecular flexibility index (Phi) is 7.99. The van der Waals surface area contributed by atoms with E-state index in [0.29, 0.717) is 5.88 Å². The topological polar surface area (TPSA) is 35.0 Å². The van der Waals surface area contributed by atoms with Gasteiger partial charge in [-0.3, -0.25) is 11.3 Å². The van der Waals surface area contributed by atoms with Gasteiger partial charge < -0.3 is 9.72 Å². The molecule has 0 unspecified atom stereocenters. The number of aromatic nitrogens is 2. The van der Waals surface area contributed by atoms with Gasteiger partial charge in [-0.15, -0.1) is 29.0 Å². The summed E-state index contributed by atoms with van der Waals surface area (Å²) in [4.78, 5) is 8.11. The van der Waals surface area contributed by atoms with E-state index in [0.717, 1.165) is 15.7 Å². The summed E-state index contributed by atoms with van der Waals surface area (Å²) in [6.45, 7) is 0. The first-order chi connectivity index (χ1) is 11.3. The van der Waals surface area contributed by atoms with Crippen molar-refractivity contribution in [2.24, 2.45) is 0 Å². The molecule has 2 heterocycles. The molecule has 2 aromatic carbocycles. The van der Waals surface area contributed by atoms with Crippen LogP contribution in [0, 0.1) is 11.6 Å². The van der Waals surface area contributed by atoms with Crippen LogP contribution < -0.4 is 4.74 Å². The summed E-state index contributed by atoms with van der Waals surface area (Å²) in [7, 11) is 0. The average molecular weight is 472 g/mol. The molecule has 117 valence electrons. The number of ether oxygens (including phenoxy) is 1. The van der Waals surface area contributed by atoms with E-state index >= 15 is 0 Å². The molecular weight excluding hydrogens is 461 g/mol. The summed E-state index contributed by atoms with van der Waals surface area (Å²) >= 11 is 4.91. The molecule has 3 nitrogen and oxygen atoms in total. The molecule has 0 bridgehead atoms. The Morgan fingerprint density at radius 3 is 2.54 bits per heavy atom. The van der Waals surface area contributed by atoms with Crippen molar-refractivity contribution in [3.63, 3.8) is 0 Å². The minimum absolute atomic E-state index is 0. The van der Waals surface area contributed by atoms with Crippen molar-refractivity contribution >= 4 is 37.5 Å². The zero-order chi connectivity index (χ0) is 15.9. The first kappa shape index (κ1) is 19.2. The molecule has 1 radical (unpaired) electrons. The quantitative estimate of drug-likeness (QED) is 0.360. The van der Waals surface area contributed by atoms with Gasteiger partial charge in [0.05, 0.1) is 4.47 Å². The van der Waals surface area contributed by atoms with Gasteiger partial charge in [-0.1, -0.05) is 17.6 Å². The molecular formula is C18H11BrN2OSY-2. The number of thiazole rings is 1. The molecule has 0 aliphatic carbocycles. The van der Waals surface area contributed by atoms with Gasteiger partial charge in [0.1, 0.15) is 0 Å². The van der Waals surface area contributed by atoms with Crippen LogP contribution in [0.5, 0.6) is 11.6 Å². The average Bonchev–Trinajstić information content (AvgIpc) is 3.07. The molecule has 0 aliphatic heterocycles. The fourth-order valence-corrected chi connectivity index (χ4v) is 2.70. The van der Waals surface area contributed by atoms with E-state index in [9.17, 15) is 0 Å². The number of pyridine rings is 1. The van der Waals surface area contributed by atoms with Gasteiger partial charge in [0, 0.05) is 44.7 Å². The molecule has 4 rings (SSSR count). The molecule has 0 saturated heterocycles. The number of halogens is 1. The maximum absolute atomic E-state index is 5.53. The minimum atomic E-state index is 0. The van der Waals surface area contributed by atoms with Crippen LogP contribution in [0.1, 0.15) is 0 Å². The number of para-hydroxylation sites is 1. The van der Waals surface area contributed by atoms with Gasteiger partial charge in [0.25, 0.3) is 0 Å². The number of benzene rings is 2. The predicted octanol–water partition coefficient (Wildman–Crippen LogP) is 5.53. The summed E-state index contributed by atoms with van der Waals surface area (Å²) in [6, 6.07) is 21.9. The number of hydrogen-bond donors (Lipinski definition) is 0. The molecule has 0 spiro atoms. The van der Waals surface area contributed by atoms with Crippen molar-refractivity contribution in [3.05, 3.63) is 82.9 Å². The summed E-state index contributed by atoms with van der Waals surface area (Å²) in [5.41, 5.74) is 3.87. The SMILES string of the molecule is Brc1cccnc1Oc1cc[c-]cc1.[Y].[c-]1nc2ccccc2s1. The van der Waals surface area contributed by atoms with E-state index in [1.807, 2.05) is 48.5 Å². The van der Waals surface area contributed by atoms with Gasteiger partial charge in [-0.2, -0.15) is 18.2 Å². The van der Waals surface area contributed by atoms with Crippen molar-refractivity contribution in [1.82, 2.24) is 9.97 Å². The summed E-state index contributed by atoms with van der Waals surface area (Å²) < 4.78 is 7.58. The Morgan fingerprint density at radius 1 is 1.00 bits per heavy atom. The van der Waals surface area contributed by atoms with E-state index in [2.05, 4.69) is 37.5 Å². The second kappa shape index (κ2) is 9.99. The largest absolute Gasteiger partial charge is 0.464 e. The Hall–Kier alpha value is -1.14. The van der Waals surface area contributed by atoms with E-state index < -0.39 is 0 Å². The maximum Gasteiger partial charge on any atom is 0.231 e. The van der Waals surface area contributed by atoms with Gasteiger partial charge in [-0.25, -0.2) is 4.98 Å². The fourth-order valence-electron chi connectivity index (χ4n) is 1.75. The van der Waals surface area contributed by atoms with Crippen LogP contribution in [0.15, 0.2) is 71.3 Å². The van der Waals surface area contributed by atoms with Crippen LogP contribution in [0.3, 0.4) is 0 Å². The van der Waals surface area contributed by atoms with E-state index in [4.69, 9.17) is 4.74 Å². The fraction of sp³-hybridized carbons (Fsp3) is 0. The van der Waals surface area contributed by atoms with Crippen molar-refractivity contribution in [2.75, 3.05) is 0 Å². The molecule has 0 amide bonds. The second-order valence-electron chi connectivity index (χ2n) is 4.40. The third kappa shape index (κ3) is 5.45. The van der Waals surface area contributed by atoms with Crippen LogP contribution in [0.4, 0.5) is 0 Å². The molecule has 2 aromatic heterocycles. The minimum Gasteiger partial charge on any atom is -0.464 e. The van der Waals surface area contributed by atoms with Crippen molar-refractivity contribution in [3.8, 4) is 11.6 Å². The third-order valence-electron chi connectivity index (χ3n) is 2.81. The summed E-state index contributed by atoms with van der Waals surface area (Å²) in [6.07, 6.45) is 1.69. The smallest absolute Gasteiger partial charge is 0.231 e. The first-order valence-electron chi connectivity index (χ1n) is 6.79. The Bertz CT molecular complexity index is 856. The Morgan fingerprint density at radius 2 is 1.79 bits per heavy atom. The summed E-state index contributed by atoms with van der Waals surface area (Å²) in [5.74, 6) is 1.32. The van der Waals surface area contributed by atoms with Gasteiger partial charge in [0.2, 0.25) is 5.88 Å². The van der Waals surface area contributed by atoms with Crippen LogP contribution in [-0.4, -0.2) is 9.97 Å². The monoisotopic (exact) mass is 471 g/mol. The van der Waals surface area contributed by atoms with Crippen LogP contribution in [0.25, 0.3) is 10.2 Å². The van der Waals surface area contributed by atoms with E-state index in [-0.39, 0.29) is 32.7 Å². The number of nitrogens with zero attached hydrogens (tertiary/aromatic N) is 2. The molecule has 0 atom stereocenters. The van der Waals surface area contributed by atoms with Crippen LogP contribution in [0.2, 0.25) is 0 Å². The molecule has 24 heavy (non-hydrogen) atoms. The van der Waals surface area contributed by atoms with Crippen molar-refractivity contribution in [1.29, 1.82) is 0 Å². The van der Waals surface area contributed by atoms with E-state index in [1.54, 1.807) is 29.7 Å². The number of hydrogen-bond acceptors (Lipinski definition) is 4. The maximum atomic E-state index is 5.53. The normalized spacial score (nSPS) is 9.54. The molecule has 0 N–H and O–H groups in total. The molecule has 4 aromatic rings. The van der Waals surface area contributed by atoms with Crippen LogP contribution >= 0.6 is 27.3 Å². The van der Waals surface area contributed by atoms with Gasteiger partial charge >= 0.3 is 0 Å². The predicted molar refractivity (Wildman–Crippen MR) is 95.7 cm³/mol. The summed E-state index contributed by atoms with van der Waals surface area (Å²) in [5, 5.41) is 0. The zero-order valence-corrected chi connectivity index (χ0v) is 17.8. The van der Waals surface area contributed by atoms with Crippen LogP contribution in [-0.2, 0) is 32.7 Å². The van der Waals surface area contributed by atoms with Gasteiger partial charge in [0.15, 0.2) is 0 Å². The standard InChI is InChI=1S/C11H7BrNO.C7H4NS.Y/c12-10-7-4-8-13-11(10)14-9-5-2-1-3-6-9;1-2-4-7-6(3-1)8-5-9-7;/h2-8H;1-4H;/q2*-1;. The molecule has 6 heteroatoms. The second-order valence-corrected chi connectivity index (χ2v) is 6.08. The molecule has 0 saturated carbocycles. The Labute approximate surface area is 178 Å². The first-order valence-corrected chi connectivity index (χ1v) is 8.40.